The summed E-state index contributed by atoms with van der Waals surface area (Å²) < 4.78 is 7.35. The maximum Gasteiger partial charge on any atom is 0.119 e. The van der Waals surface area contributed by atoms with Gasteiger partial charge in [-0.2, -0.15) is 5.10 Å². The molecule has 4 nitrogen and oxygen atoms in total. The molecule has 1 heterocycles. The van der Waals surface area contributed by atoms with Crippen LogP contribution in [0.5, 0.6) is 5.75 Å². The van der Waals surface area contributed by atoms with Crippen molar-refractivity contribution in [3.05, 3.63) is 47.8 Å². The fourth-order valence-electron chi connectivity index (χ4n) is 1.90. The van der Waals surface area contributed by atoms with Crippen molar-refractivity contribution in [1.29, 1.82) is 0 Å². The molecule has 102 valence electrons. The molecule has 0 aliphatic carbocycles. The molecule has 1 unspecified atom stereocenters. The number of nitrogens with zero attached hydrogens (tertiary/aromatic N) is 2. The van der Waals surface area contributed by atoms with E-state index in [1.807, 2.05) is 48.0 Å². The molecule has 0 bridgehead atoms. The summed E-state index contributed by atoms with van der Waals surface area (Å²) in [5.41, 5.74) is 2.12. The van der Waals surface area contributed by atoms with Gasteiger partial charge >= 0.3 is 0 Å². The van der Waals surface area contributed by atoms with Gasteiger partial charge in [0.05, 0.1) is 12.2 Å². The van der Waals surface area contributed by atoms with Crippen molar-refractivity contribution in [2.24, 2.45) is 0 Å². The molecule has 1 N–H and O–H groups in total. The minimum absolute atomic E-state index is 0.269. The lowest BCUT2D eigenvalue weighted by Gasteiger charge is -2.13. The van der Waals surface area contributed by atoms with Crippen molar-refractivity contribution in [2.75, 3.05) is 6.61 Å². The topological polar surface area (TPSA) is 47.3 Å². The lowest BCUT2D eigenvalue weighted by molar-refractivity contribution is 0.0887. The Labute approximate surface area is 113 Å². The Morgan fingerprint density at radius 3 is 2.68 bits per heavy atom. The summed E-state index contributed by atoms with van der Waals surface area (Å²) >= 11 is 0. The lowest BCUT2D eigenvalue weighted by atomic mass is 10.3. The van der Waals surface area contributed by atoms with Gasteiger partial charge in [-0.1, -0.05) is 25.1 Å². The van der Waals surface area contributed by atoms with Crippen LogP contribution in [-0.4, -0.2) is 27.6 Å². The first-order chi connectivity index (χ1) is 9.19. The number of para-hydroxylation sites is 1. The summed E-state index contributed by atoms with van der Waals surface area (Å²) in [4.78, 5) is 0. The van der Waals surface area contributed by atoms with Crippen LogP contribution < -0.4 is 4.74 Å². The standard InChI is InChI=1S/C15H20N2O2/c1-3-13-9-12(2)17(16-13)10-14(18)11-19-15-7-5-4-6-8-15/h4-9,14,18H,3,10-11H2,1-2H3. The van der Waals surface area contributed by atoms with Gasteiger partial charge in [-0.25, -0.2) is 0 Å². The van der Waals surface area contributed by atoms with Gasteiger partial charge in [0.2, 0.25) is 0 Å². The lowest BCUT2D eigenvalue weighted by Crippen LogP contribution is -2.24. The molecule has 0 aliphatic rings. The van der Waals surface area contributed by atoms with E-state index in [-0.39, 0.29) is 6.61 Å². The monoisotopic (exact) mass is 260 g/mol. The third kappa shape index (κ3) is 3.83. The Bertz CT molecular complexity index is 508. The zero-order valence-electron chi connectivity index (χ0n) is 11.4. The van der Waals surface area contributed by atoms with E-state index in [1.54, 1.807) is 0 Å². The second-order valence-corrected chi connectivity index (χ2v) is 4.59. The fourth-order valence-corrected chi connectivity index (χ4v) is 1.90. The molecule has 0 fully saturated rings. The predicted octanol–water partition coefficient (Wildman–Crippen LogP) is 2.19. The van der Waals surface area contributed by atoms with Crippen molar-refractivity contribution < 1.29 is 9.84 Å². The van der Waals surface area contributed by atoms with Crippen molar-refractivity contribution >= 4 is 0 Å². The molecule has 0 aliphatic heterocycles. The second kappa shape index (κ2) is 6.38. The van der Waals surface area contributed by atoms with Gasteiger partial charge in [0.1, 0.15) is 18.5 Å². The number of ether oxygens (including phenoxy) is 1. The Balaban J connectivity index is 1.87. The normalized spacial score (nSPS) is 12.4. The highest BCUT2D eigenvalue weighted by Gasteiger charge is 2.10. The number of benzene rings is 1. The number of hydrogen-bond acceptors (Lipinski definition) is 3. The van der Waals surface area contributed by atoms with Gasteiger partial charge in [-0.05, 0) is 31.5 Å². The van der Waals surface area contributed by atoms with Gasteiger partial charge in [-0.3, -0.25) is 4.68 Å². The summed E-state index contributed by atoms with van der Waals surface area (Å²) in [5, 5.41) is 14.4. The van der Waals surface area contributed by atoms with Crippen LogP contribution in [0.15, 0.2) is 36.4 Å². The summed E-state index contributed by atoms with van der Waals surface area (Å²) in [5.74, 6) is 0.771. The molecular weight excluding hydrogens is 240 g/mol. The summed E-state index contributed by atoms with van der Waals surface area (Å²) in [6.45, 7) is 4.79. The maximum atomic E-state index is 9.98. The van der Waals surface area contributed by atoms with Gasteiger partial charge in [-0.15, -0.1) is 0 Å². The third-order valence-electron chi connectivity index (χ3n) is 2.96. The van der Waals surface area contributed by atoms with E-state index in [4.69, 9.17) is 4.74 Å². The number of rotatable bonds is 6. The molecule has 1 atom stereocenters. The zero-order chi connectivity index (χ0) is 13.7. The van der Waals surface area contributed by atoms with Crippen molar-refractivity contribution in [3.8, 4) is 5.75 Å². The highest BCUT2D eigenvalue weighted by Crippen LogP contribution is 2.10. The molecular formula is C15H20N2O2. The Kier molecular flexibility index (Phi) is 4.58. The van der Waals surface area contributed by atoms with Gasteiger partial charge < -0.3 is 9.84 Å². The minimum atomic E-state index is -0.566. The van der Waals surface area contributed by atoms with E-state index in [1.165, 1.54) is 0 Å². The molecule has 0 spiro atoms. The van der Waals surface area contributed by atoms with Gasteiger partial charge in [0.25, 0.3) is 0 Å². The van der Waals surface area contributed by atoms with Gasteiger partial charge in [0, 0.05) is 5.69 Å². The van der Waals surface area contributed by atoms with Crippen LogP contribution in [0.4, 0.5) is 0 Å². The highest BCUT2D eigenvalue weighted by atomic mass is 16.5. The molecule has 0 amide bonds. The number of aliphatic hydroxyl groups excluding tert-OH is 1. The first-order valence-corrected chi connectivity index (χ1v) is 6.58. The van der Waals surface area contributed by atoms with Crippen molar-refractivity contribution in [1.82, 2.24) is 9.78 Å². The third-order valence-corrected chi connectivity index (χ3v) is 2.96. The molecule has 4 heteroatoms. The second-order valence-electron chi connectivity index (χ2n) is 4.59. The largest absolute Gasteiger partial charge is 0.491 e. The SMILES string of the molecule is CCc1cc(C)n(CC(O)COc2ccccc2)n1. The van der Waals surface area contributed by atoms with E-state index >= 15 is 0 Å². The van der Waals surface area contributed by atoms with E-state index in [9.17, 15) is 5.11 Å². The molecule has 1 aromatic heterocycles. The highest BCUT2D eigenvalue weighted by molar-refractivity contribution is 5.20. The Hall–Kier alpha value is -1.81. The van der Waals surface area contributed by atoms with Crippen LogP contribution in [0.1, 0.15) is 18.3 Å². The van der Waals surface area contributed by atoms with Gasteiger partial charge in [0.15, 0.2) is 0 Å². The van der Waals surface area contributed by atoms with E-state index in [0.717, 1.165) is 23.6 Å². The Morgan fingerprint density at radius 1 is 1.32 bits per heavy atom. The van der Waals surface area contributed by atoms with E-state index in [2.05, 4.69) is 12.0 Å². The molecule has 0 saturated carbocycles. The van der Waals surface area contributed by atoms with Crippen LogP contribution in [0.3, 0.4) is 0 Å². The molecule has 0 radical (unpaired) electrons. The number of aliphatic hydroxyl groups is 1. The van der Waals surface area contributed by atoms with Crippen molar-refractivity contribution in [2.45, 2.75) is 32.9 Å². The molecule has 2 aromatic rings. The number of aryl methyl sites for hydroxylation is 2. The number of hydrogen-bond donors (Lipinski definition) is 1. The van der Waals surface area contributed by atoms with E-state index in [0.29, 0.717) is 6.54 Å². The average Bonchev–Trinajstić information content (AvgIpc) is 2.78. The molecule has 2 rings (SSSR count). The summed E-state index contributed by atoms with van der Waals surface area (Å²) in [7, 11) is 0. The molecule has 19 heavy (non-hydrogen) atoms. The van der Waals surface area contributed by atoms with Crippen LogP contribution in [0.2, 0.25) is 0 Å². The maximum absolute atomic E-state index is 9.98. The zero-order valence-corrected chi connectivity index (χ0v) is 11.4. The first kappa shape index (κ1) is 13.6. The Morgan fingerprint density at radius 2 is 2.05 bits per heavy atom. The first-order valence-electron chi connectivity index (χ1n) is 6.58. The van der Waals surface area contributed by atoms with Crippen LogP contribution >= 0.6 is 0 Å². The van der Waals surface area contributed by atoms with E-state index < -0.39 is 6.10 Å². The van der Waals surface area contributed by atoms with Crippen molar-refractivity contribution in [3.63, 3.8) is 0 Å². The quantitative estimate of drug-likeness (QED) is 0.866. The summed E-state index contributed by atoms with van der Waals surface area (Å²) in [6, 6.07) is 11.6. The minimum Gasteiger partial charge on any atom is -0.491 e. The molecule has 1 aromatic carbocycles. The van der Waals surface area contributed by atoms with Crippen LogP contribution in [0.25, 0.3) is 0 Å². The smallest absolute Gasteiger partial charge is 0.119 e. The number of aromatic nitrogens is 2. The summed E-state index contributed by atoms with van der Waals surface area (Å²) in [6.07, 6.45) is 0.341. The molecule has 0 saturated heterocycles. The predicted molar refractivity (Wildman–Crippen MR) is 74.3 cm³/mol. The van der Waals surface area contributed by atoms with Crippen LogP contribution in [0, 0.1) is 6.92 Å². The van der Waals surface area contributed by atoms with Crippen LogP contribution in [-0.2, 0) is 13.0 Å². The average molecular weight is 260 g/mol. The fraction of sp³-hybridized carbons (Fsp3) is 0.400.